The number of aromatic nitrogens is 2. The Morgan fingerprint density at radius 3 is 1.77 bits per heavy atom. The summed E-state index contributed by atoms with van der Waals surface area (Å²) in [5, 5.41) is 3.38. The molecule has 0 saturated carbocycles. The molecule has 1 aliphatic heterocycles. The van der Waals surface area contributed by atoms with Crippen LogP contribution in [-0.2, 0) is 9.31 Å². The molecule has 0 spiro atoms. The summed E-state index contributed by atoms with van der Waals surface area (Å²) in [6, 6.07) is 48.9. The van der Waals surface area contributed by atoms with Crippen molar-refractivity contribution in [1.29, 1.82) is 0 Å². The van der Waals surface area contributed by atoms with Gasteiger partial charge in [0.1, 0.15) is 0 Å². The van der Waals surface area contributed by atoms with E-state index in [1.54, 1.807) is 0 Å². The summed E-state index contributed by atoms with van der Waals surface area (Å²) in [6.45, 7) is 8.30. The molecule has 1 aliphatic rings. The van der Waals surface area contributed by atoms with Gasteiger partial charge in [-0.05, 0) is 78.8 Å². The van der Waals surface area contributed by atoms with Gasteiger partial charge in [-0.25, -0.2) is 9.97 Å². The van der Waals surface area contributed by atoms with Gasteiger partial charge in [-0.3, -0.25) is 0 Å². The molecule has 0 N–H and O–H groups in total. The molecule has 0 atom stereocenters. The first-order valence-electron chi connectivity index (χ1n) is 16.2. The number of fused-ring (bicyclic) bond motifs is 2. The number of hydrogen-bond donors (Lipinski definition) is 0. The van der Waals surface area contributed by atoms with E-state index >= 15 is 0 Å². The van der Waals surface area contributed by atoms with Gasteiger partial charge in [0.25, 0.3) is 0 Å². The van der Waals surface area contributed by atoms with Gasteiger partial charge in [-0.1, -0.05) is 121 Å². The lowest BCUT2D eigenvalue weighted by Crippen LogP contribution is -2.41. The van der Waals surface area contributed by atoms with Crippen molar-refractivity contribution in [1.82, 2.24) is 9.97 Å². The van der Waals surface area contributed by atoms with Crippen molar-refractivity contribution in [3.8, 4) is 44.9 Å². The van der Waals surface area contributed by atoms with Gasteiger partial charge in [0, 0.05) is 22.1 Å². The highest BCUT2D eigenvalue weighted by atomic mass is 16.7. The Kier molecular flexibility index (Phi) is 7.05. The first-order valence-corrected chi connectivity index (χ1v) is 16.2. The zero-order valence-corrected chi connectivity index (χ0v) is 27.1. The van der Waals surface area contributed by atoms with Crippen LogP contribution in [0.15, 0.2) is 140 Å². The summed E-state index contributed by atoms with van der Waals surface area (Å²) in [5.74, 6) is 0.672. The Morgan fingerprint density at radius 1 is 0.489 bits per heavy atom. The van der Waals surface area contributed by atoms with Crippen LogP contribution in [0.2, 0.25) is 0 Å². The van der Waals surface area contributed by atoms with Gasteiger partial charge in [0.15, 0.2) is 5.82 Å². The predicted molar refractivity (Wildman–Crippen MR) is 195 cm³/mol. The van der Waals surface area contributed by atoms with Gasteiger partial charge >= 0.3 is 7.12 Å². The summed E-state index contributed by atoms with van der Waals surface area (Å²) in [5.41, 5.74) is 8.43. The molecular formula is C42H35BN2O2. The second-order valence-corrected chi connectivity index (χ2v) is 13.3. The van der Waals surface area contributed by atoms with Crippen molar-refractivity contribution in [2.45, 2.75) is 38.9 Å². The van der Waals surface area contributed by atoms with Crippen LogP contribution < -0.4 is 5.46 Å². The molecule has 0 aliphatic carbocycles. The first kappa shape index (κ1) is 29.3. The second kappa shape index (κ2) is 11.3. The molecule has 1 fully saturated rings. The lowest BCUT2D eigenvalue weighted by Gasteiger charge is -2.32. The maximum absolute atomic E-state index is 6.32. The minimum atomic E-state index is -0.430. The largest absolute Gasteiger partial charge is 0.494 e. The quantitative estimate of drug-likeness (QED) is 0.182. The minimum Gasteiger partial charge on any atom is -0.399 e. The molecule has 7 aromatic rings. The normalized spacial score (nSPS) is 15.4. The molecule has 6 aromatic carbocycles. The van der Waals surface area contributed by atoms with Crippen LogP contribution in [0.1, 0.15) is 27.7 Å². The minimum absolute atomic E-state index is 0.404. The van der Waals surface area contributed by atoms with Crippen LogP contribution in [0.3, 0.4) is 0 Å². The van der Waals surface area contributed by atoms with Crippen molar-refractivity contribution >= 4 is 34.3 Å². The van der Waals surface area contributed by atoms with E-state index in [1.807, 2.05) is 0 Å². The lowest BCUT2D eigenvalue weighted by molar-refractivity contribution is 0.00578. The zero-order valence-electron chi connectivity index (χ0n) is 27.1. The maximum Gasteiger partial charge on any atom is 0.494 e. The van der Waals surface area contributed by atoms with E-state index in [9.17, 15) is 0 Å². The fourth-order valence-electron chi connectivity index (χ4n) is 6.32. The van der Waals surface area contributed by atoms with Crippen molar-refractivity contribution in [3.63, 3.8) is 0 Å². The Bertz CT molecular complexity index is 2230. The van der Waals surface area contributed by atoms with E-state index < -0.39 is 18.3 Å². The van der Waals surface area contributed by atoms with Crippen LogP contribution in [0.5, 0.6) is 0 Å². The first-order chi connectivity index (χ1) is 22.8. The molecule has 47 heavy (non-hydrogen) atoms. The second-order valence-electron chi connectivity index (χ2n) is 13.3. The highest BCUT2D eigenvalue weighted by Crippen LogP contribution is 2.40. The Hall–Kier alpha value is -5.10. The van der Waals surface area contributed by atoms with E-state index in [-0.39, 0.29) is 0 Å². The summed E-state index contributed by atoms with van der Waals surface area (Å²) >= 11 is 0. The number of rotatable bonds is 5. The smallest absolute Gasteiger partial charge is 0.399 e. The molecule has 0 bridgehead atoms. The van der Waals surface area contributed by atoms with Crippen molar-refractivity contribution in [3.05, 3.63) is 140 Å². The Labute approximate surface area is 276 Å². The van der Waals surface area contributed by atoms with Gasteiger partial charge < -0.3 is 9.31 Å². The zero-order chi connectivity index (χ0) is 32.2. The molecule has 228 valence electrons. The monoisotopic (exact) mass is 610 g/mol. The Balaban J connectivity index is 1.34. The standard InChI is InChI=1S/C42H35BN2O2/c1-41(2)42(3,4)47-43(46-41)35-23-21-31(22-24-35)40-44-38(33-20-19-29-15-11-12-18-32(29)25-33)37-27-34(28-13-7-5-8-14-28)26-36(39(37)45-40)30-16-9-6-10-17-30/h5-27H,1-4H3. The molecule has 0 radical (unpaired) electrons. The van der Waals surface area contributed by atoms with Crippen LogP contribution in [-0.4, -0.2) is 28.3 Å². The van der Waals surface area contributed by atoms with E-state index in [4.69, 9.17) is 19.3 Å². The average molecular weight is 611 g/mol. The molecule has 1 aromatic heterocycles. The topological polar surface area (TPSA) is 44.2 Å². The predicted octanol–water partition coefficient (Wildman–Crippen LogP) is 9.75. The van der Waals surface area contributed by atoms with Crippen molar-refractivity contribution in [2.75, 3.05) is 0 Å². The van der Waals surface area contributed by atoms with Crippen LogP contribution >= 0.6 is 0 Å². The summed E-state index contributed by atoms with van der Waals surface area (Å²) in [7, 11) is -0.430. The molecule has 1 saturated heterocycles. The van der Waals surface area contributed by atoms with Gasteiger partial charge in [0.2, 0.25) is 0 Å². The number of hydrogen-bond acceptors (Lipinski definition) is 4. The summed E-state index contributed by atoms with van der Waals surface area (Å²) in [4.78, 5) is 10.6. The van der Waals surface area contributed by atoms with Crippen LogP contribution in [0.4, 0.5) is 0 Å². The number of nitrogens with zero attached hydrogens (tertiary/aromatic N) is 2. The third-order valence-electron chi connectivity index (χ3n) is 9.71. The maximum atomic E-state index is 6.32. The van der Waals surface area contributed by atoms with Gasteiger partial charge in [0.05, 0.1) is 22.4 Å². The molecule has 0 amide bonds. The summed E-state index contributed by atoms with van der Waals surface area (Å²) < 4.78 is 12.6. The molecule has 2 heterocycles. The van der Waals surface area contributed by atoms with E-state index in [2.05, 4.69) is 167 Å². The molecule has 0 unspecified atom stereocenters. The Morgan fingerprint density at radius 2 is 1.09 bits per heavy atom. The number of benzene rings is 6. The van der Waals surface area contributed by atoms with Gasteiger partial charge in [-0.2, -0.15) is 0 Å². The fourth-order valence-corrected chi connectivity index (χ4v) is 6.32. The van der Waals surface area contributed by atoms with Crippen molar-refractivity contribution < 1.29 is 9.31 Å². The molecule has 8 rings (SSSR count). The molecule has 4 nitrogen and oxygen atoms in total. The van der Waals surface area contributed by atoms with E-state index in [1.165, 1.54) is 10.8 Å². The highest BCUT2D eigenvalue weighted by Gasteiger charge is 2.51. The van der Waals surface area contributed by atoms with Crippen molar-refractivity contribution in [2.24, 2.45) is 0 Å². The third-order valence-corrected chi connectivity index (χ3v) is 9.71. The average Bonchev–Trinajstić information content (AvgIpc) is 3.33. The fraction of sp³-hybridized carbons (Fsp3) is 0.143. The summed E-state index contributed by atoms with van der Waals surface area (Å²) in [6.07, 6.45) is 0. The van der Waals surface area contributed by atoms with E-state index in [0.29, 0.717) is 5.82 Å². The third kappa shape index (κ3) is 5.32. The van der Waals surface area contributed by atoms with Crippen LogP contribution in [0.25, 0.3) is 66.6 Å². The molecular weight excluding hydrogens is 575 g/mol. The SMILES string of the molecule is CC1(C)OB(c2ccc(-c3nc(-c4ccc5ccccc5c4)c4cc(-c5ccccc5)cc(-c5ccccc5)c4n3)cc2)OC1(C)C. The molecule has 5 heteroatoms. The van der Waals surface area contributed by atoms with Gasteiger partial charge in [-0.15, -0.1) is 0 Å². The highest BCUT2D eigenvalue weighted by molar-refractivity contribution is 6.62. The van der Waals surface area contributed by atoms with E-state index in [0.717, 1.165) is 55.4 Å². The lowest BCUT2D eigenvalue weighted by atomic mass is 9.79. The van der Waals surface area contributed by atoms with Crippen LogP contribution in [0, 0.1) is 0 Å².